The minimum atomic E-state index is -0.372. The molecule has 0 amide bonds. The lowest BCUT2D eigenvalue weighted by atomic mass is 9.33. The molecule has 41 heavy (non-hydrogen) atoms. The Morgan fingerprint density at radius 2 is 1.71 bits per heavy atom. The molecule has 1 N–H and O–H groups in total. The lowest BCUT2D eigenvalue weighted by Crippen LogP contribution is -2.65. The summed E-state index contributed by atoms with van der Waals surface area (Å²) in [5.41, 5.74) is 1.79. The fraction of sp³-hybridized carbons (Fsp3) is 0.917. The van der Waals surface area contributed by atoms with Crippen LogP contribution in [-0.2, 0) is 14.3 Å². The summed E-state index contributed by atoms with van der Waals surface area (Å²) in [6, 6.07) is 0. The van der Waals surface area contributed by atoms with E-state index in [-0.39, 0.29) is 45.1 Å². The number of carbonyl (C=O) groups is 1. The first-order valence-electron chi connectivity index (χ1n) is 17.2. The molecule has 1 aliphatic heterocycles. The lowest BCUT2D eigenvalue weighted by molar-refractivity contribution is -0.207. The highest BCUT2D eigenvalue weighted by Gasteiger charge is 2.69. The number of nitrogens with zero attached hydrogens (tertiary/aromatic N) is 1. The summed E-state index contributed by atoms with van der Waals surface area (Å²) >= 11 is 0. The third-order valence-corrected chi connectivity index (χ3v) is 15.1. The third-order valence-electron chi connectivity index (χ3n) is 15.1. The summed E-state index contributed by atoms with van der Waals surface area (Å²) in [6.07, 6.45) is 12.2. The second-order valence-corrected chi connectivity index (χ2v) is 16.8. The van der Waals surface area contributed by atoms with Crippen LogP contribution in [0.3, 0.4) is 0 Å². The Labute approximate surface area is 250 Å². The van der Waals surface area contributed by atoms with Gasteiger partial charge in [-0.3, -0.25) is 9.69 Å². The van der Waals surface area contributed by atoms with Gasteiger partial charge in [-0.1, -0.05) is 60.1 Å². The summed E-state index contributed by atoms with van der Waals surface area (Å²) in [7, 11) is 0. The van der Waals surface area contributed by atoms with Crippen molar-refractivity contribution in [2.24, 2.45) is 56.7 Å². The van der Waals surface area contributed by atoms with E-state index < -0.39 is 0 Å². The van der Waals surface area contributed by atoms with Crippen LogP contribution in [0, 0.1) is 56.7 Å². The number of morpholine rings is 1. The van der Waals surface area contributed by atoms with Crippen LogP contribution in [0.5, 0.6) is 0 Å². The number of esters is 1. The smallest absolute Gasteiger partial charge is 0.312 e. The Morgan fingerprint density at radius 1 is 0.976 bits per heavy atom. The van der Waals surface area contributed by atoms with Crippen molar-refractivity contribution in [3.63, 3.8) is 0 Å². The van der Waals surface area contributed by atoms with E-state index in [0.29, 0.717) is 30.3 Å². The number of allylic oxidation sites excluding steroid dienone is 2. The summed E-state index contributed by atoms with van der Waals surface area (Å²) < 4.78 is 11.7. The highest BCUT2D eigenvalue weighted by molar-refractivity contribution is 5.79. The lowest BCUT2D eigenvalue weighted by Gasteiger charge is -2.71. The SMILES string of the molecule is C[C@H]1[C@H](C)CC[C@]2(C(=O)OCCN3CCOCC3)CC[C@]3(C)C(=CC[C@@H]4[C@@]5(C)CC[C@H](O)C(C)(C)[C@@H]5CC[C@]43C)[C@H]12. The van der Waals surface area contributed by atoms with Gasteiger partial charge in [0.25, 0.3) is 0 Å². The molecular formula is C36H59NO4. The Hall–Kier alpha value is -0.910. The number of hydrogen-bond acceptors (Lipinski definition) is 5. The van der Waals surface area contributed by atoms with Crippen LogP contribution in [0.15, 0.2) is 11.6 Å². The van der Waals surface area contributed by atoms with E-state index in [9.17, 15) is 9.90 Å². The number of ether oxygens (including phenoxy) is 2. The molecule has 6 rings (SSSR count). The molecule has 0 radical (unpaired) electrons. The predicted octanol–water partition coefficient (Wildman–Crippen LogP) is 6.88. The van der Waals surface area contributed by atoms with Crippen molar-refractivity contribution in [2.45, 2.75) is 112 Å². The molecule has 0 bridgehead atoms. The number of carbonyl (C=O) groups excluding carboxylic acids is 1. The van der Waals surface area contributed by atoms with E-state index in [1.165, 1.54) is 12.8 Å². The number of aliphatic hydroxyl groups is 1. The minimum Gasteiger partial charge on any atom is -0.464 e. The Kier molecular flexibility index (Phi) is 7.59. The van der Waals surface area contributed by atoms with E-state index in [1.54, 1.807) is 5.57 Å². The highest BCUT2D eigenvalue weighted by Crippen LogP contribution is 2.75. The first-order chi connectivity index (χ1) is 19.3. The summed E-state index contributed by atoms with van der Waals surface area (Å²) in [5, 5.41) is 11.0. The first kappa shape index (κ1) is 30.1. The summed E-state index contributed by atoms with van der Waals surface area (Å²) in [5.74, 6) is 2.66. The van der Waals surface area contributed by atoms with Gasteiger partial charge in [0.2, 0.25) is 0 Å². The van der Waals surface area contributed by atoms with Gasteiger partial charge >= 0.3 is 5.97 Å². The maximum absolute atomic E-state index is 14.2. The van der Waals surface area contributed by atoms with E-state index in [2.05, 4.69) is 59.4 Å². The maximum Gasteiger partial charge on any atom is 0.312 e. The number of rotatable bonds is 4. The second kappa shape index (κ2) is 10.3. The molecule has 5 fully saturated rings. The van der Waals surface area contributed by atoms with Crippen LogP contribution in [0.1, 0.15) is 106 Å². The standard InChI is InChI=1S/C36H59NO4/c1-24-10-15-36(31(39)41-23-20-37-18-21-40-22-19-37)17-16-34(6)26(30(36)25(24)2)8-9-28-33(5)13-12-29(38)32(3,4)27(33)11-14-35(28,34)7/h8,24-25,27-30,38H,9-23H2,1-7H3/t24-,25+,27+,28-,29+,30+,33+,34-,35-,36+/m1/s1. The van der Waals surface area contributed by atoms with Gasteiger partial charge in [0.05, 0.1) is 24.7 Å². The normalized spacial score (nSPS) is 49.5. The quantitative estimate of drug-likeness (QED) is 0.295. The molecule has 0 aromatic carbocycles. The molecule has 0 aromatic heterocycles. The van der Waals surface area contributed by atoms with Crippen molar-refractivity contribution in [2.75, 3.05) is 39.5 Å². The van der Waals surface area contributed by atoms with E-state index in [4.69, 9.17) is 9.47 Å². The molecule has 0 aromatic rings. The Balaban J connectivity index is 1.31. The van der Waals surface area contributed by atoms with Crippen molar-refractivity contribution >= 4 is 5.97 Å². The van der Waals surface area contributed by atoms with Gasteiger partial charge in [-0.05, 0) is 109 Å². The zero-order valence-electron chi connectivity index (χ0n) is 27.3. The second-order valence-electron chi connectivity index (χ2n) is 16.8. The van der Waals surface area contributed by atoms with Crippen LogP contribution in [0.2, 0.25) is 0 Å². The molecule has 1 heterocycles. The molecule has 5 nitrogen and oxygen atoms in total. The molecule has 5 heteroatoms. The molecule has 6 aliphatic rings. The van der Waals surface area contributed by atoms with Crippen LogP contribution in [0.4, 0.5) is 0 Å². The number of hydrogen-bond donors (Lipinski definition) is 1. The average molecular weight is 570 g/mol. The Morgan fingerprint density at radius 3 is 2.44 bits per heavy atom. The van der Waals surface area contributed by atoms with Gasteiger partial charge < -0.3 is 14.6 Å². The third kappa shape index (κ3) is 4.28. The summed E-state index contributed by atoms with van der Waals surface area (Å²) in [4.78, 5) is 16.6. The molecule has 10 atom stereocenters. The van der Waals surface area contributed by atoms with Gasteiger partial charge in [-0.2, -0.15) is 0 Å². The van der Waals surface area contributed by atoms with Crippen molar-refractivity contribution in [1.29, 1.82) is 0 Å². The topological polar surface area (TPSA) is 59.0 Å². The zero-order chi connectivity index (χ0) is 29.4. The van der Waals surface area contributed by atoms with Gasteiger partial charge in [0.1, 0.15) is 6.61 Å². The fourth-order valence-electron chi connectivity index (χ4n) is 12.1. The van der Waals surface area contributed by atoms with Crippen LogP contribution >= 0.6 is 0 Å². The summed E-state index contributed by atoms with van der Waals surface area (Å²) in [6.45, 7) is 22.1. The van der Waals surface area contributed by atoms with Crippen molar-refractivity contribution in [3.8, 4) is 0 Å². The first-order valence-corrected chi connectivity index (χ1v) is 17.2. The van der Waals surface area contributed by atoms with Crippen LogP contribution < -0.4 is 0 Å². The van der Waals surface area contributed by atoms with Crippen LogP contribution in [-0.4, -0.2) is 61.5 Å². The van der Waals surface area contributed by atoms with E-state index in [0.717, 1.165) is 77.8 Å². The molecular weight excluding hydrogens is 510 g/mol. The van der Waals surface area contributed by atoms with Crippen molar-refractivity contribution in [1.82, 2.24) is 4.90 Å². The van der Waals surface area contributed by atoms with Gasteiger partial charge in [-0.25, -0.2) is 0 Å². The Bertz CT molecular complexity index is 1050. The van der Waals surface area contributed by atoms with Crippen molar-refractivity contribution < 1.29 is 19.4 Å². The molecule has 0 unspecified atom stereocenters. The zero-order valence-corrected chi connectivity index (χ0v) is 27.3. The number of fused-ring (bicyclic) bond motifs is 7. The average Bonchev–Trinajstić information content (AvgIpc) is 2.94. The molecule has 5 aliphatic carbocycles. The number of aliphatic hydroxyl groups excluding tert-OH is 1. The monoisotopic (exact) mass is 569 g/mol. The van der Waals surface area contributed by atoms with Gasteiger partial charge in [0, 0.05) is 19.6 Å². The molecule has 0 spiro atoms. The largest absolute Gasteiger partial charge is 0.464 e. The highest BCUT2D eigenvalue weighted by atomic mass is 16.5. The maximum atomic E-state index is 14.2. The van der Waals surface area contributed by atoms with Crippen LogP contribution in [0.25, 0.3) is 0 Å². The van der Waals surface area contributed by atoms with Crippen molar-refractivity contribution in [3.05, 3.63) is 11.6 Å². The minimum absolute atomic E-state index is 0.0285. The van der Waals surface area contributed by atoms with E-state index >= 15 is 0 Å². The fourth-order valence-corrected chi connectivity index (χ4v) is 12.1. The van der Waals surface area contributed by atoms with Gasteiger partial charge in [0.15, 0.2) is 0 Å². The van der Waals surface area contributed by atoms with Gasteiger partial charge in [-0.15, -0.1) is 0 Å². The molecule has 4 saturated carbocycles. The molecule has 232 valence electrons. The van der Waals surface area contributed by atoms with E-state index in [1.807, 2.05) is 0 Å². The molecule has 1 saturated heterocycles. The predicted molar refractivity (Wildman–Crippen MR) is 163 cm³/mol.